The van der Waals surface area contributed by atoms with Crippen molar-refractivity contribution in [3.63, 3.8) is 0 Å². The molecule has 0 fully saturated rings. The first-order chi connectivity index (χ1) is 30.7. The van der Waals surface area contributed by atoms with Gasteiger partial charge in [-0.05, 0) is 89.3 Å². The number of fused-ring (bicyclic) bond motifs is 6. The molecule has 4 heteroatoms. The zero-order valence-electron chi connectivity index (χ0n) is 33.9. The molecule has 0 saturated heterocycles. The summed E-state index contributed by atoms with van der Waals surface area (Å²) in [7, 11) is 0. The summed E-state index contributed by atoms with van der Waals surface area (Å²) in [5, 5.41) is 5.00. The lowest BCUT2D eigenvalue weighted by molar-refractivity contribution is 0.809. The van der Waals surface area contributed by atoms with Gasteiger partial charge in [0.15, 0.2) is 5.82 Å². The predicted molar refractivity (Wildman–Crippen MR) is 258 cm³/mol. The molecule has 0 spiro atoms. The highest BCUT2D eigenvalue weighted by molar-refractivity contribution is 6.13. The molecule has 1 aliphatic rings. The molecule has 0 N–H and O–H groups in total. The van der Waals surface area contributed by atoms with Crippen molar-refractivity contribution < 1.29 is 0 Å². The highest BCUT2D eigenvalue weighted by atomic mass is 15.0. The van der Waals surface area contributed by atoms with E-state index in [-0.39, 0.29) is 5.92 Å². The monoisotopic (exact) mass is 792 g/mol. The van der Waals surface area contributed by atoms with Gasteiger partial charge in [-0.2, -0.15) is 0 Å². The van der Waals surface area contributed by atoms with Crippen LogP contribution in [0.25, 0.3) is 99.9 Å². The molecule has 1 aliphatic carbocycles. The number of para-hydroxylation sites is 3. The van der Waals surface area contributed by atoms with E-state index >= 15 is 0 Å². The van der Waals surface area contributed by atoms with Crippen LogP contribution < -0.4 is 0 Å². The van der Waals surface area contributed by atoms with Crippen LogP contribution in [0.5, 0.6) is 0 Å². The van der Waals surface area contributed by atoms with Crippen molar-refractivity contribution in [1.82, 2.24) is 19.1 Å². The summed E-state index contributed by atoms with van der Waals surface area (Å²) < 4.78 is 4.80. The lowest BCUT2D eigenvalue weighted by Gasteiger charge is -2.19. The molecule has 1 atom stereocenters. The molecule has 11 aromatic rings. The van der Waals surface area contributed by atoms with Gasteiger partial charge in [0.1, 0.15) is 0 Å². The Morgan fingerprint density at radius 3 is 1.52 bits per heavy atom. The Bertz CT molecular complexity index is 3520. The van der Waals surface area contributed by atoms with Gasteiger partial charge in [0.25, 0.3) is 0 Å². The highest BCUT2D eigenvalue weighted by Gasteiger charge is 2.21. The number of benzene rings is 8. The fourth-order valence-corrected chi connectivity index (χ4v) is 9.42. The summed E-state index contributed by atoms with van der Waals surface area (Å²) in [6.45, 7) is 0. The lowest BCUT2D eigenvalue weighted by atomic mass is 9.94. The Hall–Kier alpha value is -8.08. The predicted octanol–water partition coefficient (Wildman–Crippen LogP) is 14.9. The Kier molecular flexibility index (Phi) is 8.60. The molecule has 12 rings (SSSR count). The number of hydrogen-bond donors (Lipinski definition) is 0. The summed E-state index contributed by atoms with van der Waals surface area (Å²) in [5.41, 5.74) is 16.0. The SMILES string of the molecule is C1=CC(c2cc(-c3ccc(-c4ccccc4)cc3)nc(-c3ccccc3)n2)CC=C1n1c2ccccc2c2cc(-c3ccc4c(c3)c3ccccc3n4-c3ccccc3)ccc21. The average molecular weight is 793 g/mol. The van der Waals surface area contributed by atoms with Gasteiger partial charge in [-0.15, -0.1) is 0 Å². The summed E-state index contributed by atoms with van der Waals surface area (Å²) >= 11 is 0. The molecule has 8 aromatic carbocycles. The van der Waals surface area contributed by atoms with Gasteiger partial charge in [-0.1, -0.05) is 164 Å². The van der Waals surface area contributed by atoms with E-state index in [1.165, 1.54) is 77.2 Å². The second-order valence-corrected chi connectivity index (χ2v) is 16.1. The van der Waals surface area contributed by atoms with Crippen molar-refractivity contribution in [3.05, 3.63) is 230 Å². The molecule has 0 bridgehead atoms. The molecule has 3 aromatic heterocycles. The molecule has 0 amide bonds. The molecular formula is C58H40N4. The topological polar surface area (TPSA) is 35.6 Å². The third-order valence-corrected chi connectivity index (χ3v) is 12.5. The van der Waals surface area contributed by atoms with Crippen LogP contribution in [0.2, 0.25) is 0 Å². The Morgan fingerprint density at radius 2 is 0.887 bits per heavy atom. The minimum Gasteiger partial charge on any atom is -0.310 e. The molecule has 0 aliphatic heterocycles. The zero-order chi connectivity index (χ0) is 41.0. The number of allylic oxidation sites excluding steroid dienone is 4. The maximum Gasteiger partial charge on any atom is 0.160 e. The molecule has 62 heavy (non-hydrogen) atoms. The van der Waals surface area contributed by atoms with Gasteiger partial charge >= 0.3 is 0 Å². The highest BCUT2D eigenvalue weighted by Crippen LogP contribution is 2.40. The van der Waals surface area contributed by atoms with Gasteiger partial charge in [-0.25, -0.2) is 9.97 Å². The van der Waals surface area contributed by atoms with Crippen LogP contribution in [0.15, 0.2) is 224 Å². The normalized spacial score (nSPS) is 13.9. The molecule has 0 radical (unpaired) electrons. The quantitative estimate of drug-likeness (QED) is 0.161. The van der Waals surface area contributed by atoms with Crippen molar-refractivity contribution in [2.24, 2.45) is 0 Å². The summed E-state index contributed by atoms with van der Waals surface area (Å²) in [6, 6.07) is 73.8. The Labute approximate surface area is 360 Å². The van der Waals surface area contributed by atoms with E-state index in [2.05, 4.69) is 215 Å². The second kappa shape index (κ2) is 14.9. The maximum absolute atomic E-state index is 5.20. The second-order valence-electron chi connectivity index (χ2n) is 16.1. The van der Waals surface area contributed by atoms with Gasteiger partial charge in [0.05, 0.1) is 33.5 Å². The van der Waals surface area contributed by atoms with Gasteiger partial charge in [0, 0.05) is 50.0 Å². The van der Waals surface area contributed by atoms with E-state index in [0.717, 1.165) is 34.8 Å². The first-order valence-electron chi connectivity index (χ1n) is 21.3. The van der Waals surface area contributed by atoms with Crippen molar-refractivity contribution in [2.75, 3.05) is 0 Å². The van der Waals surface area contributed by atoms with E-state index in [0.29, 0.717) is 0 Å². The van der Waals surface area contributed by atoms with Crippen LogP contribution in [0, 0.1) is 0 Å². The van der Waals surface area contributed by atoms with Gasteiger partial charge in [-0.3, -0.25) is 0 Å². The van der Waals surface area contributed by atoms with Crippen molar-refractivity contribution >= 4 is 49.3 Å². The zero-order valence-corrected chi connectivity index (χ0v) is 33.9. The molecule has 3 heterocycles. The lowest BCUT2D eigenvalue weighted by Crippen LogP contribution is -2.06. The Morgan fingerprint density at radius 1 is 0.387 bits per heavy atom. The van der Waals surface area contributed by atoms with Gasteiger partial charge < -0.3 is 9.13 Å². The van der Waals surface area contributed by atoms with E-state index < -0.39 is 0 Å². The molecular weight excluding hydrogens is 753 g/mol. The van der Waals surface area contributed by atoms with E-state index in [1.54, 1.807) is 0 Å². The third-order valence-electron chi connectivity index (χ3n) is 12.5. The summed E-state index contributed by atoms with van der Waals surface area (Å²) in [6.07, 6.45) is 7.81. The van der Waals surface area contributed by atoms with Crippen LogP contribution in [0.4, 0.5) is 0 Å². The van der Waals surface area contributed by atoms with E-state index in [9.17, 15) is 0 Å². The van der Waals surface area contributed by atoms with Crippen LogP contribution >= 0.6 is 0 Å². The van der Waals surface area contributed by atoms with Crippen molar-refractivity contribution in [2.45, 2.75) is 12.3 Å². The van der Waals surface area contributed by atoms with Crippen molar-refractivity contribution in [1.29, 1.82) is 0 Å². The number of aromatic nitrogens is 4. The molecule has 0 saturated carbocycles. The molecule has 1 unspecified atom stereocenters. The standard InChI is InChI=1S/C58H40N4/c1-4-14-39(15-5-1)40-24-26-41(27-25-40)52-38-53(60-58(59-52)43-16-6-2-7-17-43)42-28-32-47(33-29-42)62-55-23-13-11-21-49(55)51-37-45(31-35-57(51)62)44-30-34-56-50(36-44)48-20-10-12-22-54(48)61(56)46-18-8-3-9-19-46/h1-28,30-38,42H,29H2. The fourth-order valence-electron chi connectivity index (χ4n) is 9.42. The molecule has 4 nitrogen and oxygen atoms in total. The summed E-state index contributed by atoms with van der Waals surface area (Å²) in [4.78, 5) is 10.3. The maximum atomic E-state index is 5.20. The van der Waals surface area contributed by atoms with E-state index in [4.69, 9.17) is 9.97 Å². The van der Waals surface area contributed by atoms with Crippen LogP contribution in [0.1, 0.15) is 18.0 Å². The minimum atomic E-state index is 0.106. The largest absolute Gasteiger partial charge is 0.310 e. The van der Waals surface area contributed by atoms with E-state index in [1.807, 2.05) is 18.2 Å². The Balaban J connectivity index is 0.898. The minimum absolute atomic E-state index is 0.106. The number of hydrogen-bond acceptors (Lipinski definition) is 2. The first kappa shape index (κ1) is 35.8. The third kappa shape index (κ3) is 6.15. The van der Waals surface area contributed by atoms with Crippen molar-refractivity contribution in [3.8, 4) is 50.6 Å². The van der Waals surface area contributed by atoms with Crippen LogP contribution in [-0.4, -0.2) is 19.1 Å². The number of rotatable bonds is 7. The smallest absolute Gasteiger partial charge is 0.160 e. The molecule has 292 valence electrons. The van der Waals surface area contributed by atoms with Crippen LogP contribution in [0.3, 0.4) is 0 Å². The van der Waals surface area contributed by atoms with Crippen LogP contribution in [-0.2, 0) is 0 Å². The number of nitrogens with zero attached hydrogens (tertiary/aromatic N) is 4. The first-order valence-corrected chi connectivity index (χ1v) is 21.3. The fraction of sp³-hybridized carbons (Fsp3) is 0.0345. The van der Waals surface area contributed by atoms with Gasteiger partial charge in [0.2, 0.25) is 0 Å². The summed E-state index contributed by atoms with van der Waals surface area (Å²) in [5.74, 6) is 0.849. The average Bonchev–Trinajstić information content (AvgIpc) is 3.87.